The Bertz CT molecular complexity index is 980. The quantitative estimate of drug-likeness (QED) is 0.775. The molecule has 5 nitrogen and oxygen atoms in total. The molecule has 0 spiro atoms. The summed E-state index contributed by atoms with van der Waals surface area (Å²) in [4.78, 5) is 25.9. The Labute approximate surface area is 155 Å². The minimum atomic E-state index is -0.345. The average Bonchev–Trinajstić information content (AvgIpc) is 3.14. The lowest BCUT2D eigenvalue weighted by Crippen LogP contribution is -2.49. The van der Waals surface area contributed by atoms with E-state index in [1.165, 1.54) is 17.0 Å². The number of nitrogens with one attached hydrogen (secondary N) is 1. The fourth-order valence-corrected chi connectivity index (χ4v) is 3.11. The van der Waals surface area contributed by atoms with Crippen molar-refractivity contribution < 1.29 is 18.4 Å². The van der Waals surface area contributed by atoms with Crippen molar-refractivity contribution in [1.29, 1.82) is 0 Å². The number of carbonyl (C=O) groups excluding carboxylic acids is 2. The Morgan fingerprint density at radius 2 is 1.78 bits per heavy atom. The van der Waals surface area contributed by atoms with Crippen LogP contribution in [0.4, 0.5) is 4.39 Å². The number of halogens is 1. The predicted molar refractivity (Wildman–Crippen MR) is 98.5 cm³/mol. The summed E-state index contributed by atoms with van der Waals surface area (Å²) in [7, 11) is 0. The van der Waals surface area contributed by atoms with Gasteiger partial charge in [-0.1, -0.05) is 30.3 Å². The fraction of sp³-hybridized carbons (Fsp3) is 0.143. The second-order valence-electron chi connectivity index (χ2n) is 6.30. The van der Waals surface area contributed by atoms with Crippen molar-refractivity contribution in [2.45, 2.75) is 0 Å². The zero-order valence-corrected chi connectivity index (χ0v) is 14.4. The fourth-order valence-electron chi connectivity index (χ4n) is 3.11. The molecule has 3 aromatic rings. The molecule has 0 saturated carbocycles. The van der Waals surface area contributed by atoms with Crippen LogP contribution in [0, 0.1) is 5.82 Å². The number of benzene rings is 2. The highest BCUT2D eigenvalue weighted by Crippen LogP contribution is 2.35. The largest absolute Gasteiger partial charge is 0.450 e. The van der Waals surface area contributed by atoms with Gasteiger partial charge >= 0.3 is 0 Å². The molecule has 136 valence electrons. The highest BCUT2D eigenvalue weighted by molar-refractivity contribution is 5.97. The van der Waals surface area contributed by atoms with E-state index in [1.807, 2.05) is 30.3 Å². The number of hydrogen-bond acceptors (Lipinski definition) is 3. The number of piperazine rings is 1. The van der Waals surface area contributed by atoms with Crippen molar-refractivity contribution in [3.8, 4) is 22.5 Å². The van der Waals surface area contributed by atoms with E-state index in [4.69, 9.17) is 4.42 Å². The van der Waals surface area contributed by atoms with Gasteiger partial charge < -0.3 is 14.6 Å². The van der Waals surface area contributed by atoms with Gasteiger partial charge in [0.05, 0.1) is 0 Å². The molecule has 6 heteroatoms. The molecule has 0 unspecified atom stereocenters. The molecule has 0 bridgehead atoms. The Morgan fingerprint density at radius 3 is 2.48 bits per heavy atom. The zero-order valence-electron chi connectivity index (χ0n) is 14.4. The number of amides is 2. The van der Waals surface area contributed by atoms with Gasteiger partial charge in [-0.2, -0.15) is 0 Å². The second-order valence-corrected chi connectivity index (χ2v) is 6.30. The molecule has 0 aliphatic carbocycles. The Balaban J connectivity index is 1.76. The van der Waals surface area contributed by atoms with E-state index in [0.717, 1.165) is 11.1 Å². The lowest BCUT2D eigenvalue weighted by molar-refractivity contribution is -0.123. The summed E-state index contributed by atoms with van der Waals surface area (Å²) < 4.78 is 19.2. The Kier molecular flexibility index (Phi) is 4.46. The van der Waals surface area contributed by atoms with Crippen LogP contribution in [-0.4, -0.2) is 36.3 Å². The minimum Gasteiger partial charge on any atom is -0.450 e. The molecule has 27 heavy (non-hydrogen) atoms. The summed E-state index contributed by atoms with van der Waals surface area (Å²) in [6, 6.07) is 17.1. The molecule has 1 fully saturated rings. The molecule has 0 radical (unpaired) electrons. The van der Waals surface area contributed by atoms with Crippen molar-refractivity contribution in [3.05, 3.63) is 72.2 Å². The third kappa shape index (κ3) is 3.46. The van der Waals surface area contributed by atoms with Crippen LogP contribution in [0.1, 0.15) is 10.6 Å². The number of hydrogen-bond donors (Lipinski definition) is 1. The highest BCUT2D eigenvalue weighted by atomic mass is 19.1. The molecule has 0 atom stereocenters. The van der Waals surface area contributed by atoms with Crippen LogP contribution >= 0.6 is 0 Å². The molecule has 1 saturated heterocycles. The molecule has 1 aliphatic rings. The zero-order chi connectivity index (χ0) is 18.8. The van der Waals surface area contributed by atoms with Crippen LogP contribution in [0.5, 0.6) is 0 Å². The SMILES string of the molecule is O=C1CN(C(=O)c2cc(-c3ccccc3)c(-c3ccc(F)cc3)o2)CCN1. The molecular formula is C21H17FN2O3. The summed E-state index contributed by atoms with van der Waals surface area (Å²) in [5, 5.41) is 2.69. The van der Waals surface area contributed by atoms with Gasteiger partial charge in [0.2, 0.25) is 5.91 Å². The van der Waals surface area contributed by atoms with Gasteiger partial charge in [0, 0.05) is 24.2 Å². The highest BCUT2D eigenvalue weighted by Gasteiger charge is 2.26. The minimum absolute atomic E-state index is 0.00604. The maximum Gasteiger partial charge on any atom is 0.290 e. The smallest absolute Gasteiger partial charge is 0.290 e. The van der Waals surface area contributed by atoms with E-state index in [2.05, 4.69) is 5.32 Å². The van der Waals surface area contributed by atoms with Crippen molar-refractivity contribution in [2.24, 2.45) is 0 Å². The molecule has 1 aromatic heterocycles. The first kappa shape index (κ1) is 17.0. The Hall–Kier alpha value is -3.41. The molecule has 2 aromatic carbocycles. The molecule has 1 aliphatic heterocycles. The lowest BCUT2D eigenvalue weighted by Gasteiger charge is -2.25. The third-order valence-electron chi connectivity index (χ3n) is 4.46. The summed E-state index contributed by atoms with van der Waals surface area (Å²) in [6.45, 7) is 0.853. The van der Waals surface area contributed by atoms with Crippen LogP contribution in [0.2, 0.25) is 0 Å². The first-order valence-corrected chi connectivity index (χ1v) is 8.63. The van der Waals surface area contributed by atoms with E-state index in [1.54, 1.807) is 18.2 Å². The Morgan fingerprint density at radius 1 is 1.04 bits per heavy atom. The summed E-state index contributed by atoms with van der Waals surface area (Å²) in [5.41, 5.74) is 2.30. The molecule has 4 rings (SSSR count). The van der Waals surface area contributed by atoms with Crippen LogP contribution < -0.4 is 5.32 Å². The van der Waals surface area contributed by atoms with Crippen LogP contribution in [-0.2, 0) is 4.79 Å². The first-order chi connectivity index (χ1) is 13.1. The maximum absolute atomic E-state index is 13.3. The van der Waals surface area contributed by atoms with Gasteiger partial charge in [0.25, 0.3) is 5.91 Å². The van der Waals surface area contributed by atoms with E-state index in [9.17, 15) is 14.0 Å². The maximum atomic E-state index is 13.3. The predicted octanol–water partition coefficient (Wildman–Crippen LogP) is 3.32. The van der Waals surface area contributed by atoms with Gasteiger partial charge in [-0.3, -0.25) is 9.59 Å². The van der Waals surface area contributed by atoms with Crippen molar-refractivity contribution in [3.63, 3.8) is 0 Å². The van der Waals surface area contributed by atoms with E-state index >= 15 is 0 Å². The summed E-state index contributed by atoms with van der Waals surface area (Å²) in [6.07, 6.45) is 0. The molecular weight excluding hydrogens is 347 g/mol. The van der Waals surface area contributed by atoms with Crippen LogP contribution in [0.15, 0.2) is 65.1 Å². The number of rotatable bonds is 3. The standard InChI is InChI=1S/C21H17FN2O3/c22-16-8-6-15(7-9-16)20-17(14-4-2-1-3-5-14)12-18(27-20)21(26)24-11-10-23-19(25)13-24/h1-9,12H,10-11,13H2,(H,23,25). The first-order valence-electron chi connectivity index (χ1n) is 8.63. The lowest BCUT2D eigenvalue weighted by atomic mass is 10.0. The van der Waals surface area contributed by atoms with Gasteiger partial charge in [-0.25, -0.2) is 4.39 Å². The van der Waals surface area contributed by atoms with Crippen LogP contribution in [0.3, 0.4) is 0 Å². The normalized spacial score (nSPS) is 14.1. The van der Waals surface area contributed by atoms with Gasteiger partial charge in [0.15, 0.2) is 5.76 Å². The molecule has 2 heterocycles. The average molecular weight is 364 g/mol. The third-order valence-corrected chi connectivity index (χ3v) is 4.46. The molecule has 1 N–H and O–H groups in total. The number of nitrogens with zero attached hydrogens (tertiary/aromatic N) is 1. The van der Waals surface area contributed by atoms with Crippen molar-refractivity contribution >= 4 is 11.8 Å². The van der Waals surface area contributed by atoms with Crippen molar-refractivity contribution in [2.75, 3.05) is 19.6 Å². The summed E-state index contributed by atoms with van der Waals surface area (Å²) in [5.74, 6) is -0.227. The van der Waals surface area contributed by atoms with E-state index in [0.29, 0.717) is 24.4 Å². The van der Waals surface area contributed by atoms with Gasteiger partial charge in [-0.05, 0) is 35.9 Å². The number of carbonyl (C=O) groups is 2. The van der Waals surface area contributed by atoms with Crippen LogP contribution in [0.25, 0.3) is 22.5 Å². The molecule has 2 amide bonds. The van der Waals surface area contributed by atoms with Gasteiger partial charge in [0.1, 0.15) is 18.1 Å². The van der Waals surface area contributed by atoms with Crippen molar-refractivity contribution in [1.82, 2.24) is 10.2 Å². The summed E-state index contributed by atoms with van der Waals surface area (Å²) >= 11 is 0. The van der Waals surface area contributed by atoms with E-state index in [-0.39, 0.29) is 29.9 Å². The topological polar surface area (TPSA) is 62.6 Å². The second kappa shape index (κ2) is 7.07. The number of furan rings is 1. The monoisotopic (exact) mass is 364 g/mol. The van der Waals surface area contributed by atoms with Gasteiger partial charge in [-0.15, -0.1) is 0 Å². The van der Waals surface area contributed by atoms with E-state index < -0.39 is 0 Å².